The number of anilines is 1. The molecule has 0 radical (unpaired) electrons. The second-order valence-corrected chi connectivity index (χ2v) is 7.90. The lowest BCUT2D eigenvalue weighted by Crippen LogP contribution is -2.20. The van der Waals surface area contributed by atoms with Gasteiger partial charge in [-0.25, -0.2) is 0 Å². The van der Waals surface area contributed by atoms with Crippen molar-refractivity contribution < 1.29 is 14.3 Å². The number of hydrogen-bond donors (Lipinski definition) is 1. The molecule has 0 aliphatic carbocycles. The van der Waals surface area contributed by atoms with E-state index in [0.717, 1.165) is 22.5 Å². The summed E-state index contributed by atoms with van der Waals surface area (Å²) in [5, 5.41) is 12.0. The van der Waals surface area contributed by atoms with E-state index in [1.807, 2.05) is 67.6 Å². The van der Waals surface area contributed by atoms with E-state index in [1.165, 1.54) is 5.56 Å². The van der Waals surface area contributed by atoms with Crippen molar-refractivity contribution in [3.8, 4) is 17.2 Å². The average molecular weight is 431 g/mol. The first-order valence-corrected chi connectivity index (χ1v) is 10.5. The average Bonchev–Trinajstić information content (AvgIpc) is 3.21. The summed E-state index contributed by atoms with van der Waals surface area (Å²) in [4.78, 5) is 14.0. The number of carbonyl (C=O) groups is 1. The molecular formula is C25H26N4O3. The van der Waals surface area contributed by atoms with Crippen LogP contribution < -0.4 is 14.8 Å². The summed E-state index contributed by atoms with van der Waals surface area (Å²) in [6.07, 6.45) is 0. The number of nitrogens with zero attached hydrogens (tertiary/aromatic N) is 3. The van der Waals surface area contributed by atoms with Gasteiger partial charge < -0.3 is 14.8 Å². The van der Waals surface area contributed by atoms with Gasteiger partial charge in [0.05, 0.1) is 12.8 Å². The maximum absolute atomic E-state index is 12.4. The Kier molecular flexibility index (Phi) is 6.07. The molecule has 3 aromatic carbocycles. The summed E-state index contributed by atoms with van der Waals surface area (Å²) in [6.45, 7) is 6.13. The lowest BCUT2D eigenvalue weighted by atomic mass is 10.0. The van der Waals surface area contributed by atoms with Gasteiger partial charge in [0.1, 0.15) is 22.5 Å². The van der Waals surface area contributed by atoms with Crippen LogP contribution >= 0.6 is 0 Å². The van der Waals surface area contributed by atoms with E-state index < -0.39 is 0 Å². The zero-order valence-electron chi connectivity index (χ0n) is 18.6. The van der Waals surface area contributed by atoms with Crippen LogP contribution in [0, 0.1) is 6.92 Å². The van der Waals surface area contributed by atoms with E-state index in [9.17, 15) is 4.79 Å². The first kappa shape index (κ1) is 21.4. The molecule has 0 aliphatic heterocycles. The molecule has 0 bridgehead atoms. The Morgan fingerprint density at radius 1 is 0.969 bits per heavy atom. The van der Waals surface area contributed by atoms with Crippen LogP contribution in [0.4, 0.5) is 5.69 Å². The van der Waals surface area contributed by atoms with Crippen molar-refractivity contribution in [1.82, 2.24) is 15.0 Å². The molecular weight excluding hydrogens is 404 g/mol. The number of carbonyl (C=O) groups excluding carboxylic acids is 1. The van der Waals surface area contributed by atoms with Crippen LogP contribution in [0.2, 0.25) is 0 Å². The number of aromatic nitrogens is 3. The van der Waals surface area contributed by atoms with Crippen molar-refractivity contribution in [2.75, 3.05) is 19.0 Å². The van der Waals surface area contributed by atoms with Crippen LogP contribution in [0.15, 0.2) is 60.7 Å². The molecule has 7 heteroatoms. The number of methoxy groups -OCH3 is 1. The highest BCUT2D eigenvalue weighted by molar-refractivity contribution is 5.95. The SMILES string of the molecule is COc1ccc(-n2nc3cc(C)c(NC(=O)COc4ccc(C(C)C)cc4)cc3n2)cc1. The number of rotatable bonds is 7. The maximum Gasteiger partial charge on any atom is 0.262 e. The minimum Gasteiger partial charge on any atom is -0.497 e. The Balaban J connectivity index is 1.45. The van der Waals surface area contributed by atoms with Crippen molar-refractivity contribution >= 4 is 22.6 Å². The zero-order chi connectivity index (χ0) is 22.7. The van der Waals surface area contributed by atoms with Crippen molar-refractivity contribution in [3.05, 3.63) is 71.8 Å². The lowest BCUT2D eigenvalue weighted by Gasteiger charge is -2.10. The minimum absolute atomic E-state index is 0.0724. The highest BCUT2D eigenvalue weighted by Crippen LogP contribution is 2.23. The van der Waals surface area contributed by atoms with Crippen LogP contribution in [0.1, 0.15) is 30.9 Å². The lowest BCUT2D eigenvalue weighted by molar-refractivity contribution is -0.118. The highest BCUT2D eigenvalue weighted by atomic mass is 16.5. The van der Waals surface area contributed by atoms with Crippen molar-refractivity contribution in [3.63, 3.8) is 0 Å². The van der Waals surface area contributed by atoms with Gasteiger partial charge in [-0.3, -0.25) is 4.79 Å². The number of aryl methyl sites for hydroxylation is 1. The molecule has 1 N–H and O–H groups in total. The van der Waals surface area contributed by atoms with E-state index in [1.54, 1.807) is 11.9 Å². The summed E-state index contributed by atoms with van der Waals surface area (Å²) in [6, 6.07) is 19.0. The molecule has 4 rings (SSSR count). The van der Waals surface area contributed by atoms with Gasteiger partial charge in [0, 0.05) is 5.69 Å². The predicted molar refractivity (Wildman–Crippen MR) is 125 cm³/mol. The third kappa shape index (κ3) is 4.72. The summed E-state index contributed by atoms with van der Waals surface area (Å²) >= 11 is 0. The minimum atomic E-state index is -0.233. The molecule has 0 atom stereocenters. The van der Waals surface area contributed by atoms with Gasteiger partial charge in [-0.15, -0.1) is 10.2 Å². The largest absolute Gasteiger partial charge is 0.497 e. The quantitative estimate of drug-likeness (QED) is 0.452. The topological polar surface area (TPSA) is 78.3 Å². The van der Waals surface area contributed by atoms with Gasteiger partial charge in [0.25, 0.3) is 5.91 Å². The fraction of sp³-hybridized carbons (Fsp3) is 0.240. The van der Waals surface area contributed by atoms with Gasteiger partial charge in [0.15, 0.2) is 6.61 Å². The van der Waals surface area contributed by atoms with Crippen molar-refractivity contribution in [2.45, 2.75) is 26.7 Å². The Morgan fingerprint density at radius 2 is 1.59 bits per heavy atom. The number of nitrogens with one attached hydrogen (secondary N) is 1. The van der Waals surface area contributed by atoms with Crippen LogP contribution in [-0.4, -0.2) is 34.6 Å². The predicted octanol–water partition coefficient (Wildman–Crippen LogP) is 4.88. The third-order valence-corrected chi connectivity index (χ3v) is 5.22. The Hall–Kier alpha value is -3.87. The molecule has 1 amide bonds. The molecule has 0 fully saturated rings. The highest BCUT2D eigenvalue weighted by Gasteiger charge is 2.11. The molecule has 1 aromatic heterocycles. The first-order chi connectivity index (χ1) is 15.4. The molecule has 0 unspecified atom stereocenters. The Morgan fingerprint density at radius 3 is 2.22 bits per heavy atom. The third-order valence-electron chi connectivity index (χ3n) is 5.22. The fourth-order valence-corrected chi connectivity index (χ4v) is 3.32. The van der Waals surface area contributed by atoms with E-state index in [2.05, 4.69) is 29.4 Å². The summed E-state index contributed by atoms with van der Waals surface area (Å²) in [5.74, 6) is 1.65. The molecule has 0 saturated carbocycles. The molecule has 7 nitrogen and oxygen atoms in total. The van der Waals surface area contributed by atoms with Gasteiger partial charge in [-0.05, 0) is 72.5 Å². The summed E-state index contributed by atoms with van der Waals surface area (Å²) in [7, 11) is 1.63. The van der Waals surface area contributed by atoms with Crippen LogP contribution in [0.25, 0.3) is 16.7 Å². The van der Waals surface area contributed by atoms with E-state index in [0.29, 0.717) is 22.9 Å². The van der Waals surface area contributed by atoms with E-state index in [4.69, 9.17) is 9.47 Å². The second-order valence-electron chi connectivity index (χ2n) is 7.90. The Labute approximate surface area is 187 Å². The molecule has 164 valence electrons. The number of ether oxygens (including phenoxy) is 2. The smallest absolute Gasteiger partial charge is 0.262 e. The van der Waals surface area contributed by atoms with Gasteiger partial charge in [-0.2, -0.15) is 4.80 Å². The van der Waals surface area contributed by atoms with Gasteiger partial charge in [0.2, 0.25) is 0 Å². The number of benzene rings is 3. The summed E-state index contributed by atoms with van der Waals surface area (Å²) in [5.41, 5.74) is 5.07. The van der Waals surface area contributed by atoms with Crippen LogP contribution in [0.5, 0.6) is 11.5 Å². The molecule has 4 aromatic rings. The molecule has 0 saturated heterocycles. The number of fused-ring (bicyclic) bond motifs is 1. The molecule has 0 aliphatic rings. The Bertz CT molecular complexity index is 1230. The molecule has 1 heterocycles. The first-order valence-electron chi connectivity index (χ1n) is 10.5. The maximum atomic E-state index is 12.4. The number of amides is 1. The van der Waals surface area contributed by atoms with Crippen molar-refractivity contribution in [2.24, 2.45) is 0 Å². The summed E-state index contributed by atoms with van der Waals surface area (Å²) < 4.78 is 10.8. The van der Waals surface area contributed by atoms with Gasteiger partial charge in [-0.1, -0.05) is 26.0 Å². The van der Waals surface area contributed by atoms with Crippen LogP contribution in [0.3, 0.4) is 0 Å². The van der Waals surface area contributed by atoms with Gasteiger partial charge >= 0.3 is 0 Å². The molecule has 0 spiro atoms. The molecule has 32 heavy (non-hydrogen) atoms. The second kappa shape index (κ2) is 9.09. The normalized spacial score (nSPS) is 11.0. The number of hydrogen-bond acceptors (Lipinski definition) is 5. The van der Waals surface area contributed by atoms with E-state index >= 15 is 0 Å². The van der Waals surface area contributed by atoms with Crippen LogP contribution in [-0.2, 0) is 4.79 Å². The van der Waals surface area contributed by atoms with E-state index in [-0.39, 0.29) is 12.5 Å². The standard InChI is InChI=1S/C25H26N4O3/c1-16(2)18-5-9-21(10-6-18)32-15-25(30)26-22-14-24-23(13-17(22)3)27-29(28-24)19-7-11-20(31-4)12-8-19/h5-14,16H,15H2,1-4H3,(H,26,30). The van der Waals surface area contributed by atoms with Crippen molar-refractivity contribution in [1.29, 1.82) is 0 Å². The monoisotopic (exact) mass is 430 g/mol. The fourth-order valence-electron chi connectivity index (χ4n) is 3.32. The zero-order valence-corrected chi connectivity index (χ0v) is 18.6.